The van der Waals surface area contributed by atoms with Crippen molar-refractivity contribution in [2.24, 2.45) is 5.92 Å². The summed E-state index contributed by atoms with van der Waals surface area (Å²) in [5, 5.41) is 4.49. The van der Waals surface area contributed by atoms with Gasteiger partial charge >= 0.3 is 5.97 Å². The Kier molecular flexibility index (Phi) is 3.90. The Hall–Kier alpha value is -2.63. The second-order valence-corrected chi connectivity index (χ2v) is 5.82. The molecule has 1 unspecified atom stereocenters. The van der Waals surface area contributed by atoms with Gasteiger partial charge in [-0.2, -0.15) is 5.10 Å². The van der Waals surface area contributed by atoms with Gasteiger partial charge in [0.05, 0.1) is 24.4 Å². The van der Waals surface area contributed by atoms with E-state index in [1.807, 2.05) is 44.2 Å². The highest BCUT2D eigenvalue weighted by atomic mass is 16.5. The third-order valence-electron chi connectivity index (χ3n) is 4.03. The van der Waals surface area contributed by atoms with Crippen LogP contribution < -0.4 is 4.90 Å². The third-order valence-corrected chi connectivity index (χ3v) is 4.03. The summed E-state index contributed by atoms with van der Waals surface area (Å²) in [6.45, 7) is 4.22. The van der Waals surface area contributed by atoms with Gasteiger partial charge in [0, 0.05) is 19.0 Å². The van der Waals surface area contributed by atoms with Crippen LogP contribution >= 0.6 is 0 Å². The van der Waals surface area contributed by atoms with Gasteiger partial charge in [0.15, 0.2) is 0 Å². The molecule has 3 rings (SSSR count). The highest BCUT2D eigenvalue weighted by Crippen LogP contribution is 2.28. The lowest BCUT2D eigenvalue weighted by Crippen LogP contribution is -2.28. The standard InChI is InChI=1S/C17H19N3O3/c1-11-4-6-14(7-5-11)20-15(8-12(2)18-20)19-10-13(9-16(19)21)17(22)23-3/h4-8,13H,9-10H2,1-3H3. The van der Waals surface area contributed by atoms with Crippen molar-refractivity contribution < 1.29 is 14.3 Å². The van der Waals surface area contributed by atoms with Crippen molar-refractivity contribution in [3.63, 3.8) is 0 Å². The van der Waals surface area contributed by atoms with Crippen LogP contribution in [0, 0.1) is 19.8 Å². The summed E-state index contributed by atoms with van der Waals surface area (Å²) < 4.78 is 6.50. The largest absolute Gasteiger partial charge is 0.469 e. The maximum atomic E-state index is 12.3. The lowest BCUT2D eigenvalue weighted by Gasteiger charge is -2.18. The van der Waals surface area contributed by atoms with Crippen LogP contribution in [0.3, 0.4) is 0 Å². The number of aromatic nitrogens is 2. The lowest BCUT2D eigenvalue weighted by atomic mass is 10.1. The molecule has 1 aliphatic heterocycles. The molecule has 1 atom stereocenters. The lowest BCUT2D eigenvalue weighted by molar-refractivity contribution is -0.145. The SMILES string of the molecule is COC(=O)C1CC(=O)N(c2cc(C)nn2-c2ccc(C)cc2)C1. The first-order valence-corrected chi connectivity index (χ1v) is 7.51. The summed E-state index contributed by atoms with van der Waals surface area (Å²) in [6.07, 6.45) is 0.171. The molecule has 6 heteroatoms. The third kappa shape index (κ3) is 2.84. The smallest absolute Gasteiger partial charge is 0.311 e. The normalized spacial score (nSPS) is 17.6. The van der Waals surface area contributed by atoms with Gasteiger partial charge in [-0.3, -0.25) is 14.5 Å². The Balaban J connectivity index is 1.96. The first-order chi connectivity index (χ1) is 11.0. The number of nitrogens with zero attached hydrogens (tertiary/aromatic N) is 3. The Morgan fingerprint density at radius 2 is 1.96 bits per heavy atom. The number of hydrogen-bond acceptors (Lipinski definition) is 4. The van der Waals surface area contributed by atoms with E-state index in [0.29, 0.717) is 12.4 Å². The molecule has 23 heavy (non-hydrogen) atoms. The molecular weight excluding hydrogens is 294 g/mol. The van der Waals surface area contributed by atoms with E-state index >= 15 is 0 Å². The molecule has 0 N–H and O–H groups in total. The van der Waals surface area contributed by atoms with Crippen molar-refractivity contribution >= 4 is 17.7 Å². The van der Waals surface area contributed by atoms with E-state index in [0.717, 1.165) is 16.9 Å². The van der Waals surface area contributed by atoms with Crippen LogP contribution in [0.25, 0.3) is 5.69 Å². The average Bonchev–Trinajstić information content (AvgIpc) is 3.10. The van der Waals surface area contributed by atoms with Crippen molar-refractivity contribution in [1.29, 1.82) is 0 Å². The monoisotopic (exact) mass is 313 g/mol. The minimum absolute atomic E-state index is 0.0892. The van der Waals surface area contributed by atoms with Crippen LogP contribution in [0.2, 0.25) is 0 Å². The quantitative estimate of drug-likeness (QED) is 0.813. The van der Waals surface area contributed by atoms with Crippen LogP contribution in [-0.4, -0.2) is 35.3 Å². The predicted molar refractivity (Wildman–Crippen MR) is 85.5 cm³/mol. The van der Waals surface area contributed by atoms with Crippen molar-refractivity contribution in [2.75, 3.05) is 18.6 Å². The molecule has 0 spiro atoms. The molecule has 0 radical (unpaired) electrons. The molecule has 1 aromatic carbocycles. The van der Waals surface area contributed by atoms with Crippen molar-refractivity contribution in [3.8, 4) is 5.69 Å². The number of ether oxygens (including phenoxy) is 1. The fraction of sp³-hybridized carbons (Fsp3) is 0.353. The van der Waals surface area contributed by atoms with Crippen LogP contribution in [-0.2, 0) is 14.3 Å². The number of aryl methyl sites for hydroxylation is 2. The van der Waals surface area contributed by atoms with E-state index in [9.17, 15) is 9.59 Å². The Morgan fingerprint density at radius 1 is 1.26 bits per heavy atom. The molecule has 2 heterocycles. The highest BCUT2D eigenvalue weighted by molar-refractivity contribution is 5.99. The second kappa shape index (κ2) is 5.87. The molecular formula is C17H19N3O3. The molecule has 0 saturated carbocycles. The van der Waals surface area contributed by atoms with Gasteiger partial charge in [-0.25, -0.2) is 4.68 Å². The van der Waals surface area contributed by atoms with E-state index in [1.165, 1.54) is 7.11 Å². The topological polar surface area (TPSA) is 64.4 Å². The number of hydrogen-bond donors (Lipinski definition) is 0. The van der Waals surface area contributed by atoms with E-state index in [4.69, 9.17) is 4.74 Å². The van der Waals surface area contributed by atoms with Gasteiger partial charge in [0.1, 0.15) is 5.82 Å². The zero-order valence-electron chi connectivity index (χ0n) is 13.4. The van der Waals surface area contributed by atoms with E-state index in [1.54, 1.807) is 9.58 Å². The minimum atomic E-state index is -0.422. The number of anilines is 1. The number of esters is 1. The molecule has 1 aromatic heterocycles. The van der Waals surface area contributed by atoms with Gasteiger partial charge in [0.25, 0.3) is 0 Å². The molecule has 0 aliphatic carbocycles. The Bertz CT molecular complexity index is 749. The summed E-state index contributed by atoms with van der Waals surface area (Å²) in [5.41, 5.74) is 2.85. The van der Waals surface area contributed by atoms with Gasteiger partial charge in [-0.15, -0.1) is 0 Å². The van der Waals surface area contributed by atoms with Crippen LogP contribution in [0.5, 0.6) is 0 Å². The number of benzene rings is 1. The Morgan fingerprint density at radius 3 is 2.61 bits per heavy atom. The van der Waals surface area contributed by atoms with Crippen molar-refractivity contribution in [2.45, 2.75) is 20.3 Å². The summed E-state index contributed by atoms with van der Waals surface area (Å²) >= 11 is 0. The zero-order chi connectivity index (χ0) is 16.6. The second-order valence-electron chi connectivity index (χ2n) is 5.82. The maximum Gasteiger partial charge on any atom is 0.311 e. The predicted octanol–water partition coefficient (Wildman–Crippen LogP) is 2.02. The van der Waals surface area contributed by atoms with E-state index in [-0.39, 0.29) is 18.3 Å². The first-order valence-electron chi connectivity index (χ1n) is 7.51. The fourth-order valence-electron chi connectivity index (χ4n) is 2.81. The van der Waals surface area contributed by atoms with Crippen LogP contribution in [0.15, 0.2) is 30.3 Å². The number of methoxy groups -OCH3 is 1. The molecule has 120 valence electrons. The number of carbonyl (C=O) groups excluding carboxylic acids is 2. The number of rotatable bonds is 3. The number of carbonyl (C=O) groups is 2. The minimum Gasteiger partial charge on any atom is -0.469 e. The average molecular weight is 313 g/mol. The van der Waals surface area contributed by atoms with Gasteiger partial charge < -0.3 is 4.74 Å². The molecule has 1 amide bonds. The van der Waals surface area contributed by atoms with Crippen LogP contribution in [0.4, 0.5) is 5.82 Å². The summed E-state index contributed by atoms with van der Waals surface area (Å²) in [5.74, 6) is -0.176. The first kappa shape index (κ1) is 15.3. The van der Waals surface area contributed by atoms with E-state index in [2.05, 4.69) is 5.10 Å². The Labute approximate surface area is 134 Å². The summed E-state index contributed by atoms with van der Waals surface area (Å²) in [4.78, 5) is 25.7. The number of amides is 1. The van der Waals surface area contributed by atoms with Crippen LogP contribution in [0.1, 0.15) is 17.7 Å². The van der Waals surface area contributed by atoms with Gasteiger partial charge in [-0.05, 0) is 26.0 Å². The zero-order valence-corrected chi connectivity index (χ0v) is 13.4. The van der Waals surface area contributed by atoms with E-state index < -0.39 is 5.92 Å². The molecule has 1 saturated heterocycles. The molecule has 1 fully saturated rings. The molecule has 0 bridgehead atoms. The van der Waals surface area contributed by atoms with Crippen molar-refractivity contribution in [3.05, 3.63) is 41.6 Å². The summed E-state index contributed by atoms with van der Waals surface area (Å²) in [7, 11) is 1.34. The molecule has 2 aromatic rings. The maximum absolute atomic E-state index is 12.3. The molecule has 6 nitrogen and oxygen atoms in total. The van der Waals surface area contributed by atoms with Crippen molar-refractivity contribution in [1.82, 2.24) is 9.78 Å². The summed E-state index contributed by atoms with van der Waals surface area (Å²) in [6, 6.07) is 9.78. The highest BCUT2D eigenvalue weighted by Gasteiger charge is 2.37. The molecule has 1 aliphatic rings. The fourth-order valence-corrected chi connectivity index (χ4v) is 2.81. The van der Waals surface area contributed by atoms with Gasteiger partial charge in [0.2, 0.25) is 5.91 Å². The van der Waals surface area contributed by atoms with Gasteiger partial charge in [-0.1, -0.05) is 17.7 Å².